The van der Waals surface area contributed by atoms with Crippen LogP contribution in [0.1, 0.15) is 22.4 Å². The molecule has 4 rings (SSSR count). The minimum Gasteiger partial charge on any atom is -0.497 e. The maximum Gasteiger partial charge on any atom is 0.296 e. The fourth-order valence-electron chi connectivity index (χ4n) is 2.83. The highest BCUT2D eigenvalue weighted by Gasteiger charge is 2.11. The van der Waals surface area contributed by atoms with E-state index in [9.17, 15) is 9.59 Å². The SMILES string of the molecule is COc1cccc(/C=c2/sc3nc(=O)c(Cc4ccc(C)cc4)nn3c2=O)c1. The Labute approximate surface area is 164 Å². The Morgan fingerprint density at radius 1 is 1.14 bits per heavy atom. The van der Waals surface area contributed by atoms with Gasteiger partial charge in [-0.15, -0.1) is 0 Å². The van der Waals surface area contributed by atoms with Gasteiger partial charge in [0, 0.05) is 6.42 Å². The largest absolute Gasteiger partial charge is 0.497 e. The molecule has 0 saturated carbocycles. The molecule has 2 aromatic carbocycles. The molecule has 140 valence electrons. The summed E-state index contributed by atoms with van der Waals surface area (Å²) in [7, 11) is 1.59. The number of hydrogen-bond acceptors (Lipinski definition) is 6. The lowest BCUT2D eigenvalue weighted by molar-refractivity contribution is 0.414. The third-order valence-corrected chi connectivity index (χ3v) is 5.29. The smallest absolute Gasteiger partial charge is 0.296 e. The summed E-state index contributed by atoms with van der Waals surface area (Å²) in [6.07, 6.45) is 2.08. The average Bonchev–Trinajstić information content (AvgIpc) is 2.98. The molecule has 0 bridgehead atoms. The van der Waals surface area contributed by atoms with Crippen molar-refractivity contribution in [2.45, 2.75) is 13.3 Å². The lowest BCUT2D eigenvalue weighted by Crippen LogP contribution is -2.28. The van der Waals surface area contributed by atoms with Gasteiger partial charge >= 0.3 is 0 Å². The van der Waals surface area contributed by atoms with Crippen LogP contribution in [0.4, 0.5) is 0 Å². The number of thiazole rings is 1. The number of aryl methyl sites for hydroxylation is 1. The topological polar surface area (TPSA) is 73.6 Å². The van der Waals surface area contributed by atoms with Crippen molar-refractivity contribution in [3.63, 3.8) is 0 Å². The molecular formula is C21H17N3O3S. The monoisotopic (exact) mass is 391 g/mol. The molecular weight excluding hydrogens is 374 g/mol. The van der Waals surface area contributed by atoms with Crippen LogP contribution in [0.2, 0.25) is 0 Å². The predicted molar refractivity (Wildman–Crippen MR) is 109 cm³/mol. The van der Waals surface area contributed by atoms with Gasteiger partial charge in [0.1, 0.15) is 11.4 Å². The van der Waals surface area contributed by atoms with Crippen molar-refractivity contribution >= 4 is 22.4 Å². The van der Waals surface area contributed by atoms with Crippen LogP contribution in [0.25, 0.3) is 11.0 Å². The number of rotatable bonds is 4. The van der Waals surface area contributed by atoms with Crippen molar-refractivity contribution in [3.8, 4) is 5.75 Å². The van der Waals surface area contributed by atoms with Crippen LogP contribution in [0.15, 0.2) is 58.1 Å². The van der Waals surface area contributed by atoms with Crippen molar-refractivity contribution in [1.82, 2.24) is 14.6 Å². The van der Waals surface area contributed by atoms with Crippen LogP contribution >= 0.6 is 11.3 Å². The molecule has 0 unspecified atom stereocenters. The van der Waals surface area contributed by atoms with Crippen molar-refractivity contribution in [1.29, 1.82) is 0 Å². The summed E-state index contributed by atoms with van der Waals surface area (Å²) >= 11 is 1.14. The van der Waals surface area contributed by atoms with E-state index in [1.54, 1.807) is 13.2 Å². The zero-order chi connectivity index (χ0) is 19.7. The van der Waals surface area contributed by atoms with Gasteiger partial charge in [-0.25, -0.2) is 0 Å². The Hall–Kier alpha value is -3.32. The second-order valence-corrected chi connectivity index (χ2v) is 7.42. The van der Waals surface area contributed by atoms with Gasteiger partial charge in [-0.05, 0) is 36.3 Å². The summed E-state index contributed by atoms with van der Waals surface area (Å²) in [6, 6.07) is 15.2. The third kappa shape index (κ3) is 3.57. The van der Waals surface area contributed by atoms with Gasteiger partial charge in [0.15, 0.2) is 0 Å². The summed E-state index contributed by atoms with van der Waals surface area (Å²) in [5.41, 5.74) is 2.47. The first-order valence-electron chi connectivity index (χ1n) is 8.67. The van der Waals surface area contributed by atoms with Gasteiger partial charge in [0.2, 0.25) is 4.96 Å². The molecule has 2 aromatic heterocycles. The second kappa shape index (κ2) is 7.36. The van der Waals surface area contributed by atoms with Crippen LogP contribution in [-0.2, 0) is 6.42 Å². The summed E-state index contributed by atoms with van der Waals surface area (Å²) < 4.78 is 6.88. The van der Waals surface area contributed by atoms with Gasteiger partial charge in [0.25, 0.3) is 11.1 Å². The Bertz CT molecular complexity index is 1320. The molecule has 0 spiro atoms. The van der Waals surface area contributed by atoms with E-state index in [4.69, 9.17) is 4.74 Å². The van der Waals surface area contributed by atoms with Crippen LogP contribution in [0, 0.1) is 6.92 Å². The third-order valence-electron chi connectivity index (χ3n) is 4.33. The fourth-order valence-corrected chi connectivity index (χ4v) is 3.74. The highest BCUT2D eigenvalue weighted by Crippen LogP contribution is 2.13. The maximum absolute atomic E-state index is 12.8. The first-order chi connectivity index (χ1) is 13.5. The minimum absolute atomic E-state index is 0.254. The standard InChI is InChI=1S/C21H17N3O3S/c1-13-6-8-14(9-7-13)11-17-19(25)22-21-24(23-17)20(26)18(28-21)12-15-4-3-5-16(10-15)27-2/h3-10,12H,11H2,1-2H3/b18-12+. The summed E-state index contributed by atoms with van der Waals surface area (Å²) in [5.74, 6) is 0.702. The lowest BCUT2D eigenvalue weighted by atomic mass is 10.1. The zero-order valence-electron chi connectivity index (χ0n) is 15.4. The molecule has 28 heavy (non-hydrogen) atoms. The number of fused-ring (bicyclic) bond motifs is 1. The first kappa shape index (κ1) is 18.1. The summed E-state index contributed by atoms with van der Waals surface area (Å²) in [4.78, 5) is 29.5. The van der Waals surface area contributed by atoms with E-state index < -0.39 is 5.56 Å². The molecule has 0 amide bonds. The lowest BCUT2D eigenvalue weighted by Gasteiger charge is -2.01. The Morgan fingerprint density at radius 2 is 1.93 bits per heavy atom. The number of ether oxygens (including phenoxy) is 1. The fraction of sp³-hybridized carbons (Fsp3) is 0.143. The average molecular weight is 391 g/mol. The number of nitrogens with zero attached hydrogens (tertiary/aromatic N) is 3. The van der Waals surface area contributed by atoms with Gasteiger partial charge in [-0.2, -0.15) is 14.6 Å². The van der Waals surface area contributed by atoms with Crippen LogP contribution in [0.5, 0.6) is 5.75 Å². The van der Waals surface area contributed by atoms with Gasteiger partial charge in [-0.1, -0.05) is 53.3 Å². The highest BCUT2D eigenvalue weighted by molar-refractivity contribution is 7.15. The van der Waals surface area contributed by atoms with E-state index >= 15 is 0 Å². The van der Waals surface area contributed by atoms with Gasteiger partial charge in [-0.3, -0.25) is 9.59 Å². The molecule has 0 radical (unpaired) electrons. The van der Waals surface area contributed by atoms with Crippen molar-refractivity contribution in [2.75, 3.05) is 7.11 Å². The van der Waals surface area contributed by atoms with E-state index in [-0.39, 0.29) is 16.2 Å². The normalized spacial score (nSPS) is 11.9. The van der Waals surface area contributed by atoms with E-state index in [1.165, 1.54) is 4.52 Å². The van der Waals surface area contributed by atoms with E-state index in [0.29, 0.717) is 16.7 Å². The van der Waals surface area contributed by atoms with Crippen molar-refractivity contribution in [2.24, 2.45) is 0 Å². The quantitative estimate of drug-likeness (QED) is 0.532. The molecule has 0 saturated heterocycles. The molecule has 0 atom stereocenters. The molecule has 0 aliphatic rings. The Balaban J connectivity index is 1.78. The van der Waals surface area contributed by atoms with Crippen molar-refractivity contribution < 1.29 is 4.74 Å². The summed E-state index contributed by atoms with van der Waals surface area (Å²) in [6.45, 7) is 2.00. The molecule has 4 aromatic rings. The van der Waals surface area contributed by atoms with Crippen LogP contribution < -0.4 is 20.4 Å². The maximum atomic E-state index is 12.8. The number of methoxy groups -OCH3 is 1. The molecule has 0 fully saturated rings. The zero-order valence-corrected chi connectivity index (χ0v) is 16.2. The number of benzene rings is 2. The van der Waals surface area contributed by atoms with E-state index in [0.717, 1.165) is 28.0 Å². The Morgan fingerprint density at radius 3 is 2.68 bits per heavy atom. The second-order valence-electron chi connectivity index (χ2n) is 6.41. The number of aromatic nitrogens is 3. The molecule has 0 aliphatic heterocycles. The minimum atomic E-state index is -0.408. The van der Waals surface area contributed by atoms with Gasteiger partial charge < -0.3 is 4.74 Å². The number of hydrogen-bond donors (Lipinski definition) is 0. The van der Waals surface area contributed by atoms with E-state index in [2.05, 4.69) is 10.1 Å². The van der Waals surface area contributed by atoms with Crippen LogP contribution in [0.3, 0.4) is 0 Å². The highest BCUT2D eigenvalue weighted by atomic mass is 32.1. The first-order valence-corrected chi connectivity index (χ1v) is 9.49. The molecule has 0 N–H and O–H groups in total. The van der Waals surface area contributed by atoms with E-state index in [1.807, 2.05) is 55.5 Å². The van der Waals surface area contributed by atoms with Crippen molar-refractivity contribution in [3.05, 3.63) is 96.2 Å². The van der Waals surface area contributed by atoms with Gasteiger partial charge in [0.05, 0.1) is 11.6 Å². The van der Waals surface area contributed by atoms with Crippen LogP contribution in [-0.4, -0.2) is 21.7 Å². The molecule has 6 nitrogen and oxygen atoms in total. The molecule has 0 aliphatic carbocycles. The Kier molecular flexibility index (Phi) is 4.75. The molecule has 2 heterocycles. The summed E-state index contributed by atoms with van der Waals surface area (Å²) in [5, 5.41) is 4.28. The predicted octanol–water partition coefficient (Wildman–Crippen LogP) is 1.97. The molecule has 7 heteroatoms.